The van der Waals surface area contributed by atoms with Gasteiger partial charge in [-0.05, 0) is 52.9 Å². The highest BCUT2D eigenvalue weighted by molar-refractivity contribution is 9.10. The maximum absolute atomic E-state index is 12.2. The Balaban J connectivity index is 2.20. The number of anilines is 1. The van der Waals surface area contributed by atoms with E-state index >= 15 is 0 Å². The largest absolute Gasteiger partial charge is 0.398 e. The molecule has 0 aromatic heterocycles. The zero-order chi connectivity index (χ0) is 14.0. The number of aliphatic hydroxyl groups is 1. The maximum atomic E-state index is 12.2. The molecular formula is C12H17BrN2O3S. The fourth-order valence-electron chi connectivity index (χ4n) is 2.37. The van der Waals surface area contributed by atoms with Gasteiger partial charge in [0.15, 0.2) is 0 Å². The minimum absolute atomic E-state index is 0.00238. The van der Waals surface area contributed by atoms with E-state index in [0.29, 0.717) is 10.2 Å². The van der Waals surface area contributed by atoms with E-state index in [4.69, 9.17) is 5.73 Å². The van der Waals surface area contributed by atoms with Gasteiger partial charge in [-0.1, -0.05) is 6.42 Å². The van der Waals surface area contributed by atoms with Crippen LogP contribution in [0.15, 0.2) is 27.6 Å². The van der Waals surface area contributed by atoms with Crippen LogP contribution < -0.4 is 10.5 Å². The average Bonchev–Trinajstić information content (AvgIpc) is 2.79. The van der Waals surface area contributed by atoms with Crippen LogP contribution in [-0.4, -0.2) is 26.2 Å². The molecule has 1 aromatic rings. The molecule has 0 radical (unpaired) electrons. The molecule has 0 amide bonds. The molecule has 0 bridgehead atoms. The molecule has 19 heavy (non-hydrogen) atoms. The average molecular weight is 349 g/mol. The van der Waals surface area contributed by atoms with E-state index in [0.717, 1.165) is 19.3 Å². The topological polar surface area (TPSA) is 92.4 Å². The first-order chi connectivity index (χ1) is 8.94. The van der Waals surface area contributed by atoms with E-state index < -0.39 is 10.0 Å². The smallest absolute Gasteiger partial charge is 0.240 e. The second-order valence-corrected chi connectivity index (χ2v) is 7.35. The summed E-state index contributed by atoms with van der Waals surface area (Å²) in [4.78, 5) is 0.150. The number of nitrogen functional groups attached to an aromatic ring is 1. The molecule has 1 aliphatic rings. The Hall–Kier alpha value is -0.630. The number of aliphatic hydroxyl groups excluding tert-OH is 1. The summed E-state index contributed by atoms with van der Waals surface area (Å²) in [6.45, 7) is 0.00959. The monoisotopic (exact) mass is 348 g/mol. The molecule has 1 saturated carbocycles. The van der Waals surface area contributed by atoms with E-state index in [1.165, 1.54) is 12.1 Å². The number of benzene rings is 1. The van der Waals surface area contributed by atoms with Gasteiger partial charge in [0.05, 0.1) is 4.90 Å². The second-order valence-electron chi connectivity index (χ2n) is 4.78. The van der Waals surface area contributed by atoms with Crippen molar-refractivity contribution < 1.29 is 13.5 Å². The van der Waals surface area contributed by atoms with Gasteiger partial charge >= 0.3 is 0 Å². The quantitative estimate of drug-likeness (QED) is 0.718. The first kappa shape index (κ1) is 14.8. The molecule has 4 N–H and O–H groups in total. The normalized spacial score (nSPS) is 23.7. The molecule has 2 unspecified atom stereocenters. The van der Waals surface area contributed by atoms with E-state index in [2.05, 4.69) is 20.7 Å². The molecule has 5 nitrogen and oxygen atoms in total. The number of nitrogens with one attached hydrogen (secondary N) is 1. The van der Waals surface area contributed by atoms with Gasteiger partial charge in [0.25, 0.3) is 0 Å². The Morgan fingerprint density at radius 1 is 1.42 bits per heavy atom. The molecule has 1 aromatic carbocycles. The van der Waals surface area contributed by atoms with E-state index in [9.17, 15) is 13.5 Å². The van der Waals surface area contributed by atoms with Crippen molar-refractivity contribution in [2.45, 2.75) is 30.2 Å². The van der Waals surface area contributed by atoms with Crippen LogP contribution in [0.4, 0.5) is 5.69 Å². The Morgan fingerprint density at radius 2 is 2.16 bits per heavy atom. The summed E-state index contributed by atoms with van der Waals surface area (Å²) in [5.74, 6) is 0.00238. The molecule has 0 heterocycles. The Morgan fingerprint density at radius 3 is 2.79 bits per heavy atom. The van der Waals surface area contributed by atoms with Crippen molar-refractivity contribution in [2.24, 2.45) is 5.92 Å². The minimum atomic E-state index is -3.59. The lowest BCUT2D eigenvalue weighted by Crippen LogP contribution is -2.38. The zero-order valence-electron chi connectivity index (χ0n) is 10.3. The Kier molecular flexibility index (Phi) is 4.50. The fraction of sp³-hybridized carbons (Fsp3) is 0.500. The van der Waals surface area contributed by atoms with Crippen molar-refractivity contribution in [3.63, 3.8) is 0 Å². The number of halogens is 1. The van der Waals surface area contributed by atoms with Crippen molar-refractivity contribution in [1.29, 1.82) is 0 Å². The van der Waals surface area contributed by atoms with Crippen molar-refractivity contribution in [3.8, 4) is 0 Å². The van der Waals surface area contributed by atoms with Gasteiger partial charge < -0.3 is 10.8 Å². The third-order valence-corrected chi connectivity index (χ3v) is 5.69. The summed E-state index contributed by atoms with van der Waals surface area (Å²) in [5, 5.41) is 9.22. The van der Waals surface area contributed by atoms with E-state index in [1.807, 2.05) is 0 Å². The van der Waals surface area contributed by atoms with Crippen LogP contribution in [0.25, 0.3) is 0 Å². The standard InChI is InChI=1S/C12H17BrN2O3S/c13-10-5-4-9(6-11(10)14)19(17,18)15-12-3-1-2-8(12)7-16/h4-6,8,12,15-16H,1-3,7,14H2. The number of rotatable bonds is 4. The van der Waals surface area contributed by atoms with Crippen molar-refractivity contribution in [2.75, 3.05) is 12.3 Å². The summed E-state index contributed by atoms with van der Waals surface area (Å²) >= 11 is 3.23. The molecule has 0 saturated heterocycles. The number of sulfonamides is 1. The number of hydrogen-bond donors (Lipinski definition) is 3. The molecule has 0 aliphatic heterocycles. The second kappa shape index (κ2) is 5.78. The lowest BCUT2D eigenvalue weighted by Gasteiger charge is -2.19. The molecule has 2 rings (SSSR count). The van der Waals surface area contributed by atoms with E-state index in [1.54, 1.807) is 6.07 Å². The Bertz CT molecular complexity index is 562. The molecule has 0 spiro atoms. The summed E-state index contributed by atoms with van der Waals surface area (Å²) < 4.78 is 27.8. The number of nitrogens with two attached hydrogens (primary N) is 1. The fourth-order valence-corrected chi connectivity index (χ4v) is 3.99. The third kappa shape index (κ3) is 3.28. The van der Waals surface area contributed by atoms with Crippen LogP contribution in [0.5, 0.6) is 0 Å². The molecule has 106 valence electrons. The highest BCUT2D eigenvalue weighted by Gasteiger charge is 2.30. The van der Waals surface area contributed by atoms with E-state index in [-0.39, 0.29) is 23.5 Å². The van der Waals surface area contributed by atoms with Crippen LogP contribution >= 0.6 is 15.9 Å². The number of hydrogen-bond acceptors (Lipinski definition) is 4. The molecule has 1 fully saturated rings. The first-order valence-corrected chi connectivity index (χ1v) is 8.40. The molecule has 7 heteroatoms. The molecule has 2 atom stereocenters. The van der Waals surface area contributed by atoms with Crippen LogP contribution in [0, 0.1) is 5.92 Å². The van der Waals surface area contributed by atoms with Gasteiger partial charge in [0.1, 0.15) is 0 Å². The zero-order valence-corrected chi connectivity index (χ0v) is 12.7. The third-order valence-electron chi connectivity index (χ3n) is 3.48. The lowest BCUT2D eigenvalue weighted by molar-refractivity contribution is 0.213. The molecule has 1 aliphatic carbocycles. The van der Waals surface area contributed by atoms with Crippen LogP contribution in [0.2, 0.25) is 0 Å². The maximum Gasteiger partial charge on any atom is 0.240 e. The summed E-state index contributed by atoms with van der Waals surface area (Å²) in [5.41, 5.74) is 6.08. The van der Waals surface area contributed by atoms with Crippen LogP contribution in [-0.2, 0) is 10.0 Å². The van der Waals surface area contributed by atoms with Gasteiger partial charge in [-0.2, -0.15) is 0 Å². The molecular weight excluding hydrogens is 332 g/mol. The lowest BCUT2D eigenvalue weighted by atomic mass is 10.1. The SMILES string of the molecule is Nc1cc(S(=O)(=O)NC2CCCC2CO)ccc1Br. The van der Waals surface area contributed by atoms with Gasteiger partial charge in [-0.3, -0.25) is 0 Å². The van der Waals surface area contributed by atoms with Crippen molar-refractivity contribution in [1.82, 2.24) is 4.72 Å². The van der Waals surface area contributed by atoms with Gasteiger partial charge in [-0.15, -0.1) is 0 Å². The summed E-state index contributed by atoms with van der Waals surface area (Å²) in [7, 11) is -3.59. The highest BCUT2D eigenvalue weighted by atomic mass is 79.9. The first-order valence-electron chi connectivity index (χ1n) is 6.12. The van der Waals surface area contributed by atoms with Gasteiger partial charge in [0.2, 0.25) is 10.0 Å². The summed E-state index contributed by atoms with van der Waals surface area (Å²) in [6, 6.07) is 4.35. The van der Waals surface area contributed by atoms with Gasteiger partial charge in [0, 0.05) is 22.8 Å². The highest BCUT2D eigenvalue weighted by Crippen LogP contribution is 2.28. The van der Waals surface area contributed by atoms with Crippen LogP contribution in [0.3, 0.4) is 0 Å². The minimum Gasteiger partial charge on any atom is -0.398 e. The summed E-state index contributed by atoms with van der Waals surface area (Å²) in [6.07, 6.45) is 2.55. The van der Waals surface area contributed by atoms with Crippen molar-refractivity contribution in [3.05, 3.63) is 22.7 Å². The van der Waals surface area contributed by atoms with Gasteiger partial charge in [-0.25, -0.2) is 13.1 Å². The predicted octanol–water partition coefficient (Wildman–Crippen LogP) is 1.47. The van der Waals surface area contributed by atoms with Crippen LogP contribution in [0.1, 0.15) is 19.3 Å². The Labute approximate surface area is 121 Å². The predicted molar refractivity (Wildman–Crippen MR) is 77.1 cm³/mol. The van der Waals surface area contributed by atoms with Crippen molar-refractivity contribution >= 4 is 31.6 Å².